The van der Waals surface area contributed by atoms with E-state index in [1.165, 1.54) is 6.42 Å². The molecule has 3 amide bonds. The Morgan fingerprint density at radius 1 is 1.09 bits per heavy atom. The number of para-hydroxylation sites is 1. The Balaban J connectivity index is 1.45. The molecule has 0 unspecified atom stereocenters. The van der Waals surface area contributed by atoms with Gasteiger partial charge in [0.05, 0.1) is 6.07 Å². The van der Waals surface area contributed by atoms with Gasteiger partial charge in [-0.2, -0.15) is 5.26 Å². The summed E-state index contributed by atoms with van der Waals surface area (Å²) < 4.78 is 0. The Labute approximate surface area is 193 Å². The number of carbonyl (C=O) groups excluding carboxylic acids is 3. The van der Waals surface area contributed by atoms with Crippen LogP contribution in [0.5, 0.6) is 0 Å². The van der Waals surface area contributed by atoms with Gasteiger partial charge in [0, 0.05) is 23.4 Å². The van der Waals surface area contributed by atoms with Crippen LogP contribution in [0.3, 0.4) is 0 Å². The van der Waals surface area contributed by atoms with Crippen LogP contribution in [-0.4, -0.2) is 41.3 Å². The highest BCUT2D eigenvalue weighted by Crippen LogP contribution is 2.28. The van der Waals surface area contributed by atoms with E-state index in [0.717, 1.165) is 36.6 Å². The molecule has 33 heavy (non-hydrogen) atoms. The minimum Gasteiger partial charge on any atom is -0.356 e. The topological polar surface area (TPSA) is 127 Å². The number of fused-ring (bicyclic) bond motifs is 1. The van der Waals surface area contributed by atoms with Crippen LogP contribution in [0.4, 0.5) is 0 Å². The number of hydrogen-bond acceptors (Lipinski definition) is 4. The first kappa shape index (κ1) is 22.8. The highest BCUT2D eigenvalue weighted by atomic mass is 16.2. The lowest BCUT2D eigenvalue weighted by molar-refractivity contribution is -0.125. The Hall–Kier alpha value is -3.34. The molecular formula is C25H31N5O3. The van der Waals surface area contributed by atoms with Gasteiger partial charge in [-0.05, 0) is 37.3 Å². The number of nitrogens with zero attached hydrogens (tertiary/aromatic N) is 1. The SMILES string of the molecule is N#C[C@H](C[C@@H]1CCNC1=O)NC(=O)[C@H](CC1CCCCC1)NC(=O)c1cc2ccccc2[nH]1. The second-order valence-corrected chi connectivity index (χ2v) is 9.24. The fourth-order valence-electron chi connectivity index (χ4n) is 4.99. The quantitative estimate of drug-likeness (QED) is 0.494. The Morgan fingerprint density at radius 3 is 2.58 bits per heavy atom. The number of aromatic amines is 1. The minimum absolute atomic E-state index is 0.0737. The van der Waals surface area contributed by atoms with Crippen LogP contribution < -0.4 is 16.0 Å². The number of hydrogen-bond donors (Lipinski definition) is 4. The molecule has 0 bridgehead atoms. The number of benzene rings is 1. The number of carbonyl (C=O) groups is 3. The Morgan fingerprint density at radius 2 is 1.88 bits per heavy atom. The van der Waals surface area contributed by atoms with Gasteiger partial charge in [-0.1, -0.05) is 50.3 Å². The normalized spacial score (nSPS) is 20.6. The third-order valence-corrected chi connectivity index (χ3v) is 6.85. The van der Waals surface area contributed by atoms with Gasteiger partial charge in [0.1, 0.15) is 17.8 Å². The smallest absolute Gasteiger partial charge is 0.268 e. The maximum atomic E-state index is 13.2. The molecule has 0 spiro atoms. The molecule has 4 rings (SSSR count). The van der Waals surface area contributed by atoms with Crippen LogP contribution in [0.2, 0.25) is 0 Å². The summed E-state index contributed by atoms with van der Waals surface area (Å²) in [6.07, 6.45) is 7.02. The highest BCUT2D eigenvalue weighted by molar-refractivity contribution is 6.00. The summed E-state index contributed by atoms with van der Waals surface area (Å²) in [5, 5.41) is 19.0. The van der Waals surface area contributed by atoms with E-state index in [0.29, 0.717) is 31.0 Å². The van der Waals surface area contributed by atoms with Crippen molar-refractivity contribution in [1.82, 2.24) is 20.9 Å². The first-order chi connectivity index (χ1) is 16.0. The van der Waals surface area contributed by atoms with Crippen LogP contribution in [-0.2, 0) is 9.59 Å². The van der Waals surface area contributed by atoms with Gasteiger partial charge in [-0.25, -0.2) is 0 Å². The molecule has 3 atom stereocenters. The molecule has 2 fully saturated rings. The van der Waals surface area contributed by atoms with Crippen LogP contribution in [0, 0.1) is 23.2 Å². The molecule has 1 aliphatic heterocycles. The average molecular weight is 450 g/mol. The fraction of sp³-hybridized carbons (Fsp3) is 0.520. The van der Waals surface area contributed by atoms with Gasteiger partial charge >= 0.3 is 0 Å². The maximum absolute atomic E-state index is 13.2. The summed E-state index contributed by atoms with van der Waals surface area (Å²) in [6.45, 7) is 0.598. The number of H-pyrrole nitrogens is 1. The zero-order valence-corrected chi connectivity index (χ0v) is 18.7. The van der Waals surface area contributed by atoms with Crippen LogP contribution in [0.1, 0.15) is 61.9 Å². The molecule has 2 aliphatic rings. The second-order valence-electron chi connectivity index (χ2n) is 9.24. The number of rotatable bonds is 8. The van der Waals surface area contributed by atoms with E-state index < -0.39 is 12.1 Å². The van der Waals surface area contributed by atoms with Crippen molar-refractivity contribution in [2.45, 2.75) is 63.5 Å². The standard InChI is InChI=1S/C25H31N5O3/c26-15-19(13-18-10-11-27-23(18)31)28-24(32)21(12-16-6-2-1-3-7-16)30-25(33)22-14-17-8-4-5-9-20(17)29-22/h4-5,8-9,14,16,18-19,21,29H,1-3,6-7,10-13H2,(H,27,31)(H,28,32)(H,30,33)/t18-,19-,21-/m0/s1. The zero-order valence-electron chi connectivity index (χ0n) is 18.7. The molecule has 1 saturated heterocycles. The van der Waals surface area contributed by atoms with Crippen molar-refractivity contribution in [2.75, 3.05) is 6.54 Å². The van der Waals surface area contributed by atoms with E-state index in [-0.39, 0.29) is 30.1 Å². The summed E-state index contributed by atoms with van der Waals surface area (Å²) in [7, 11) is 0. The van der Waals surface area contributed by atoms with Crippen molar-refractivity contribution in [3.63, 3.8) is 0 Å². The van der Waals surface area contributed by atoms with Crippen molar-refractivity contribution >= 4 is 28.6 Å². The predicted octanol–water partition coefficient (Wildman–Crippen LogP) is 2.77. The van der Waals surface area contributed by atoms with E-state index in [1.54, 1.807) is 6.07 Å². The van der Waals surface area contributed by atoms with Gasteiger partial charge in [-0.3, -0.25) is 14.4 Å². The molecule has 1 aliphatic carbocycles. The molecule has 2 heterocycles. The van der Waals surface area contributed by atoms with E-state index in [1.807, 2.05) is 24.3 Å². The summed E-state index contributed by atoms with van der Waals surface area (Å²) in [5.74, 6) is -0.692. The number of nitriles is 1. The van der Waals surface area contributed by atoms with Crippen molar-refractivity contribution in [2.24, 2.45) is 11.8 Å². The molecule has 1 saturated carbocycles. The van der Waals surface area contributed by atoms with Crippen molar-refractivity contribution in [1.29, 1.82) is 5.26 Å². The minimum atomic E-state index is -0.773. The summed E-state index contributed by atoms with van der Waals surface area (Å²) in [4.78, 5) is 41.2. The fourth-order valence-corrected chi connectivity index (χ4v) is 4.99. The van der Waals surface area contributed by atoms with Crippen LogP contribution >= 0.6 is 0 Å². The number of aromatic nitrogens is 1. The summed E-state index contributed by atoms with van der Waals surface area (Å²) >= 11 is 0. The lowest BCUT2D eigenvalue weighted by Gasteiger charge is -2.27. The molecule has 1 aromatic heterocycles. The highest BCUT2D eigenvalue weighted by Gasteiger charge is 2.31. The number of nitrogens with one attached hydrogen (secondary N) is 4. The third kappa shape index (κ3) is 5.72. The Bertz CT molecular complexity index is 1020. The average Bonchev–Trinajstić information content (AvgIpc) is 3.44. The first-order valence-corrected chi connectivity index (χ1v) is 11.9. The molecule has 4 N–H and O–H groups in total. The third-order valence-electron chi connectivity index (χ3n) is 6.85. The lowest BCUT2D eigenvalue weighted by atomic mass is 9.84. The molecule has 1 aromatic carbocycles. The molecule has 2 aromatic rings. The van der Waals surface area contributed by atoms with E-state index >= 15 is 0 Å². The van der Waals surface area contributed by atoms with Gasteiger partial charge in [0.25, 0.3) is 5.91 Å². The van der Waals surface area contributed by atoms with E-state index in [9.17, 15) is 19.6 Å². The molecule has 8 heteroatoms. The Kier molecular flexibility index (Phi) is 7.28. The predicted molar refractivity (Wildman–Crippen MR) is 124 cm³/mol. The molecule has 174 valence electrons. The van der Waals surface area contributed by atoms with Gasteiger partial charge in [0.2, 0.25) is 11.8 Å². The van der Waals surface area contributed by atoms with E-state index in [4.69, 9.17) is 0 Å². The van der Waals surface area contributed by atoms with Crippen LogP contribution in [0.15, 0.2) is 30.3 Å². The van der Waals surface area contributed by atoms with Crippen molar-refractivity contribution in [3.05, 3.63) is 36.0 Å². The van der Waals surface area contributed by atoms with Crippen LogP contribution in [0.25, 0.3) is 10.9 Å². The maximum Gasteiger partial charge on any atom is 0.268 e. The summed E-state index contributed by atoms with van der Waals surface area (Å²) in [5.41, 5.74) is 1.26. The monoisotopic (exact) mass is 449 g/mol. The lowest BCUT2D eigenvalue weighted by Crippen LogP contribution is -2.50. The molecular weight excluding hydrogens is 418 g/mol. The molecule has 0 radical (unpaired) electrons. The number of amides is 3. The van der Waals surface area contributed by atoms with Gasteiger partial charge in [0.15, 0.2) is 0 Å². The van der Waals surface area contributed by atoms with Gasteiger partial charge < -0.3 is 20.9 Å². The van der Waals surface area contributed by atoms with E-state index in [2.05, 4.69) is 27.0 Å². The largest absolute Gasteiger partial charge is 0.356 e. The zero-order chi connectivity index (χ0) is 23.2. The second kappa shape index (κ2) is 10.5. The molecule has 8 nitrogen and oxygen atoms in total. The van der Waals surface area contributed by atoms with Crippen molar-refractivity contribution < 1.29 is 14.4 Å². The van der Waals surface area contributed by atoms with Gasteiger partial charge in [-0.15, -0.1) is 0 Å². The van der Waals surface area contributed by atoms with Crippen molar-refractivity contribution in [3.8, 4) is 6.07 Å². The first-order valence-electron chi connectivity index (χ1n) is 11.9. The summed E-state index contributed by atoms with van der Waals surface area (Å²) in [6, 6.07) is 10.00.